The molecular formula is C11H17F6N2O2-. The van der Waals surface area contributed by atoms with Gasteiger partial charge in [0.15, 0.2) is 0 Å². The zero-order valence-corrected chi connectivity index (χ0v) is 11.5. The van der Waals surface area contributed by atoms with Crippen molar-refractivity contribution in [1.29, 1.82) is 0 Å². The predicted molar refractivity (Wildman–Crippen MR) is 57.8 cm³/mol. The van der Waals surface area contributed by atoms with Gasteiger partial charge in [-0.25, -0.2) is 0 Å². The number of hydrogen-bond acceptors (Lipinski definition) is 3. The second-order valence-electron chi connectivity index (χ2n) is 4.37. The molecule has 1 atom stereocenters. The molecule has 0 bridgehead atoms. The van der Waals surface area contributed by atoms with Gasteiger partial charge < -0.3 is 20.4 Å². The van der Waals surface area contributed by atoms with Crippen LogP contribution in [0.5, 0.6) is 0 Å². The molecule has 10 heteroatoms. The Hall–Kier alpha value is -1.00. The van der Waals surface area contributed by atoms with Crippen LogP contribution in [-0.4, -0.2) is 44.3 Å². The highest BCUT2D eigenvalue weighted by Gasteiger charge is 2.44. The van der Waals surface area contributed by atoms with Crippen molar-refractivity contribution in [2.45, 2.75) is 31.9 Å². The maximum atomic E-state index is 12.6. The van der Waals surface area contributed by atoms with Gasteiger partial charge in [0.05, 0.1) is 25.4 Å². The molecule has 0 rings (SSSR count). The molecule has 0 fully saturated rings. The van der Waals surface area contributed by atoms with Crippen molar-refractivity contribution in [3.8, 4) is 0 Å². The number of likely N-dealkylation sites (N-methyl/N-ethyl adjacent to an activating group) is 1. The van der Waals surface area contributed by atoms with E-state index >= 15 is 0 Å². The number of nitrogens with one attached hydrogen (secondary N) is 2. The number of alkyl halides is 6. The first-order valence-electron chi connectivity index (χ1n) is 6.20. The summed E-state index contributed by atoms with van der Waals surface area (Å²) in [7, 11) is 0. The van der Waals surface area contributed by atoms with Crippen LogP contribution in [0, 0.1) is 0 Å². The Bertz CT molecular complexity index is 352. The van der Waals surface area contributed by atoms with Crippen molar-refractivity contribution in [2.24, 2.45) is 0 Å². The first-order chi connectivity index (χ1) is 9.37. The van der Waals surface area contributed by atoms with E-state index < -0.39 is 36.5 Å². The van der Waals surface area contributed by atoms with Crippen LogP contribution in [0.3, 0.4) is 0 Å². The minimum atomic E-state index is -5.56. The molecular weight excluding hydrogens is 306 g/mol. The van der Waals surface area contributed by atoms with Crippen LogP contribution >= 0.6 is 0 Å². The van der Waals surface area contributed by atoms with E-state index in [1.165, 1.54) is 5.32 Å². The second-order valence-corrected chi connectivity index (χ2v) is 4.37. The van der Waals surface area contributed by atoms with Crippen molar-refractivity contribution >= 4 is 0 Å². The van der Waals surface area contributed by atoms with E-state index in [2.05, 4.69) is 0 Å². The Morgan fingerprint density at radius 3 is 1.90 bits per heavy atom. The van der Waals surface area contributed by atoms with Gasteiger partial charge in [-0.15, -0.1) is 0 Å². The molecule has 126 valence electrons. The quantitative estimate of drug-likeness (QED) is 0.356. The predicted octanol–water partition coefficient (Wildman–Crippen LogP) is -1.07. The summed E-state index contributed by atoms with van der Waals surface area (Å²) in [4.78, 5) is 0.856. The molecule has 0 amide bonds. The first-order valence-corrected chi connectivity index (χ1v) is 6.20. The minimum Gasteiger partial charge on any atom is -0.870 e. The van der Waals surface area contributed by atoms with Gasteiger partial charge in [0.1, 0.15) is 0 Å². The van der Waals surface area contributed by atoms with Crippen molar-refractivity contribution in [2.75, 3.05) is 26.2 Å². The van der Waals surface area contributed by atoms with E-state index in [1.807, 2.05) is 0 Å². The van der Waals surface area contributed by atoms with Crippen molar-refractivity contribution < 1.29 is 41.5 Å². The topological polar surface area (TPSA) is 62.6 Å². The van der Waals surface area contributed by atoms with Gasteiger partial charge in [-0.2, -0.15) is 26.3 Å². The van der Waals surface area contributed by atoms with Crippen LogP contribution in [-0.2, 0) is 0 Å². The highest BCUT2D eigenvalue weighted by Crippen LogP contribution is 2.30. The number of hydrogen-bond donors (Lipinski definition) is 2. The summed E-state index contributed by atoms with van der Waals surface area (Å²) in [6.45, 7) is 4.35. The molecule has 0 aromatic heterocycles. The van der Waals surface area contributed by atoms with Gasteiger partial charge in [0.2, 0.25) is 0 Å². The summed E-state index contributed by atoms with van der Waals surface area (Å²) >= 11 is 0. The van der Waals surface area contributed by atoms with Crippen LogP contribution in [0.15, 0.2) is 11.8 Å². The summed E-state index contributed by atoms with van der Waals surface area (Å²) in [6.07, 6.45) is -12.0. The third-order valence-corrected chi connectivity index (χ3v) is 2.90. The zero-order valence-electron chi connectivity index (χ0n) is 11.5. The average molecular weight is 323 g/mol. The van der Waals surface area contributed by atoms with Gasteiger partial charge in [0.25, 0.3) is 0 Å². The third kappa shape index (κ3) is 6.10. The molecule has 0 saturated heterocycles. The lowest BCUT2D eigenvalue weighted by Crippen LogP contribution is -3.12. The van der Waals surface area contributed by atoms with E-state index in [0.717, 1.165) is 4.90 Å². The zero-order chi connectivity index (χ0) is 16.9. The molecule has 2 N–H and O–H groups in total. The van der Waals surface area contributed by atoms with E-state index in [-0.39, 0.29) is 6.54 Å². The lowest BCUT2D eigenvalue weighted by molar-refractivity contribution is -0.895. The molecule has 4 nitrogen and oxygen atoms in total. The molecule has 0 aliphatic carbocycles. The van der Waals surface area contributed by atoms with Crippen molar-refractivity contribution in [3.05, 3.63) is 11.8 Å². The fourth-order valence-corrected chi connectivity index (χ4v) is 1.53. The normalized spacial score (nSPS) is 17.1. The maximum Gasteiger partial charge on any atom is 0.402 e. The standard InChI is InChI=1S/C11H17F6N2O2/c1-3-19(4-2)6-5-18-9(21,11(15,16)17)7-8(20)10(12,13)14/h7,18,20H,3-6H2,1-2H3/q-1/b8-7-. The number of rotatable bonds is 7. The van der Waals surface area contributed by atoms with Crippen LogP contribution in [0.25, 0.3) is 0 Å². The van der Waals surface area contributed by atoms with Gasteiger partial charge in [-0.1, -0.05) is 6.08 Å². The molecule has 0 aromatic rings. The second kappa shape index (κ2) is 7.32. The SMILES string of the molecule is CC[NH+](CC)CCNC([O-])(/C=C(\[O-])C(F)(F)F)C(F)(F)F. The fraction of sp³-hybridized carbons (Fsp3) is 0.818. The summed E-state index contributed by atoms with van der Waals surface area (Å²) in [5, 5.41) is 23.6. The maximum absolute atomic E-state index is 12.6. The van der Waals surface area contributed by atoms with Crippen LogP contribution in [0.1, 0.15) is 13.8 Å². The molecule has 0 saturated carbocycles. The van der Waals surface area contributed by atoms with E-state index in [0.29, 0.717) is 13.1 Å². The van der Waals surface area contributed by atoms with Crippen LogP contribution in [0.2, 0.25) is 0 Å². The Morgan fingerprint density at radius 2 is 1.57 bits per heavy atom. The highest BCUT2D eigenvalue weighted by molar-refractivity contribution is 5.09. The van der Waals surface area contributed by atoms with E-state index in [9.17, 15) is 36.6 Å². The fourth-order valence-electron chi connectivity index (χ4n) is 1.53. The summed E-state index contributed by atoms with van der Waals surface area (Å²) in [5.41, 5.74) is -4.26. The molecule has 0 aliphatic heterocycles. The van der Waals surface area contributed by atoms with Crippen molar-refractivity contribution in [3.63, 3.8) is 0 Å². The van der Waals surface area contributed by atoms with E-state index in [1.54, 1.807) is 13.8 Å². The Kier molecular flexibility index (Phi) is 6.97. The number of quaternary nitrogens is 1. The van der Waals surface area contributed by atoms with E-state index in [4.69, 9.17) is 0 Å². The molecule has 0 aromatic carbocycles. The molecule has 21 heavy (non-hydrogen) atoms. The minimum absolute atomic E-state index is 0.112. The molecule has 1 unspecified atom stereocenters. The Morgan fingerprint density at radius 1 is 1.10 bits per heavy atom. The Balaban J connectivity index is 5.05. The first kappa shape index (κ1) is 20.0. The Labute approximate surface area is 118 Å². The molecule has 0 heterocycles. The number of allylic oxidation sites excluding steroid dienone is 1. The van der Waals surface area contributed by atoms with Crippen LogP contribution in [0.4, 0.5) is 26.3 Å². The highest BCUT2D eigenvalue weighted by atomic mass is 19.4. The largest absolute Gasteiger partial charge is 0.870 e. The monoisotopic (exact) mass is 323 g/mol. The summed E-state index contributed by atoms with van der Waals surface area (Å²) in [6, 6.07) is 0. The van der Waals surface area contributed by atoms with Crippen LogP contribution < -0.4 is 20.4 Å². The van der Waals surface area contributed by atoms with Gasteiger partial charge >= 0.3 is 12.4 Å². The smallest absolute Gasteiger partial charge is 0.402 e. The van der Waals surface area contributed by atoms with Gasteiger partial charge in [-0.3, -0.25) is 0 Å². The molecule has 0 aliphatic rings. The molecule has 0 radical (unpaired) electrons. The lowest BCUT2D eigenvalue weighted by atomic mass is 10.1. The molecule has 0 spiro atoms. The average Bonchev–Trinajstić information content (AvgIpc) is 2.32. The summed E-state index contributed by atoms with van der Waals surface area (Å²) < 4.78 is 73.9. The summed E-state index contributed by atoms with van der Waals surface area (Å²) in [5.74, 6) is -2.82. The number of halogens is 6. The van der Waals surface area contributed by atoms with Gasteiger partial charge in [-0.05, 0) is 19.6 Å². The van der Waals surface area contributed by atoms with Gasteiger partial charge in [0, 0.05) is 6.54 Å². The lowest BCUT2D eigenvalue weighted by Gasteiger charge is -2.42. The van der Waals surface area contributed by atoms with Crippen molar-refractivity contribution in [1.82, 2.24) is 5.32 Å². The third-order valence-electron chi connectivity index (χ3n) is 2.90.